The molecule has 1 aliphatic heterocycles. The summed E-state index contributed by atoms with van der Waals surface area (Å²) in [6.45, 7) is 7.93. The van der Waals surface area contributed by atoms with Crippen LogP contribution in [0.1, 0.15) is 40.0 Å². The van der Waals surface area contributed by atoms with Crippen molar-refractivity contribution in [2.45, 2.75) is 52.2 Å². The van der Waals surface area contributed by atoms with E-state index >= 15 is 0 Å². The van der Waals surface area contributed by atoms with Crippen LogP contribution < -0.4 is 5.32 Å². The van der Waals surface area contributed by atoms with Crippen LogP contribution in [0.4, 0.5) is 0 Å². The van der Waals surface area contributed by atoms with E-state index in [1.807, 2.05) is 11.8 Å². The summed E-state index contributed by atoms with van der Waals surface area (Å²) in [5.41, 5.74) is 0. The van der Waals surface area contributed by atoms with Crippen molar-refractivity contribution in [3.8, 4) is 0 Å². The number of carbonyl (C=O) groups excluding carboxylic acids is 1. The van der Waals surface area contributed by atoms with E-state index < -0.39 is 0 Å². The Morgan fingerprint density at radius 2 is 2.06 bits per heavy atom. The van der Waals surface area contributed by atoms with Crippen molar-refractivity contribution in [1.29, 1.82) is 0 Å². The number of carbonyl (C=O) groups is 1. The van der Waals surface area contributed by atoms with Crippen molar-refractivity contribution >= 4 is 5.91 Å². The van der Waals surface area contributed by atoms with Gasteiger partial charge >= 0.3 is 0 Å². The number of nitrogens with zero attached hydrogens (tertiary/aromatic N) is 1. The summed E-state index contributed by atoms with van der Waals surface area (Å²) in [5.74, 6) is 0.707. The molecule has 100 valence electrons. The van der Waals surface area contributed by atoms with Crippen molar-refractivity contribution in [3.05, 3.63) is 0 Å². The standard InChI is InChI=1S/C13H26N2O2/c1-10(2)12-14-11(3)13(16)15(12)8-6-5-7-9-17-4/h10-12,14H,5-9H2,1-4H3. The molecular formula is C13H26N2O2. The first-order valence-corrected chi connectivity index (χ1v) is 6.63. The van der Waals surface area contributed by atoms with Gasteiger partial charge in [-0.3, -0.25) is 10.1 Å². The summed E-state index contributed by atoms with van der Waals surface area (Å²) in [6.07, 6.45) is 3.47. The third-order valence-electron chi connectivity index (χ3n) is 3.29. The van der Waals surface area contributed by atoms with Gasteiger partial charge in [-0.1, -0.05) is 13.8 Å². The van der Waals surface area contributed by atoms with Crippen LogP contribution in [-0.4, -0.2) is 43.3 Å². The molecule has 1 saturated heterocycles. The van der Waals surface area contributed by atoms with Crippen LogP contribution >= 0.6 is 0 Å². The molecule has 0 bridgehead atoms. The molecule has 2 atom stereocenters. The molecule has 0 radical (unpaired) electrons. The summed E-state index contributed by atoms with van der Waals surface area (Å²) in [6, 6.07) is -0.0265. The van der Waals surface area contributed by atoms with Crippen LogP contribution in [0.15, 0.2) is 0 Å². The smallest absolute Gasteiger partial charge is 0.240 e. The Hall–Kier alpha value is -0.610. The van der Waals surface area contributed by atoms with Crippen LogP contribution in [0.25, 0.3) is 0 Å². The van der Waals surface area contributed by atoms with E-state index in [0.29, 0.717) is 5.92 Å². The van der Waals surface area contributed by atoms with Crippen LogP contribution in [0.3, 0.4) is 0 Å². The largest absolute Gasteiger partial charge is 0.385 e. The van der Waals surface area contributed by atoms with E-state index in [1.54, 1.807) is 7.11 Å². The number of unbranched alkanes of at least 4 members (excludes halogenated alkanes) is 2. The molecule has 1 N–H and O–H groups in total. The molecule has 0 saturated carbocycles. The summed E-state index contributed by atoms with van der Waals surface area (Å²) in [5, 5.41) is 3.36. The number of amides is 1. The van der Waals surface area contributed by atoms with Crippen LogP contribution in [0.5, 0.6) is 0 Å². The normalized spacial score (nSPS) is 25.0. The number of hydrogen-bond acceptors (Lipinski definition) is 3. The molecule has 17 heavy (non-hydrogen) atoms. The molecule has 1 rings (SSSR count). The van der Waals surface area contributed by atoms with E-state index in [0.717, 1.165) is 32.4 Å². The maximum Gasteiger partial charge on any atom is 0.240 e. The second-order valence-electron chi connectivity index (χ2n) is 5.16. The van der Waals surface area contributed by atoms with Crippen LogP contribution in [-0.2, 0) is 9.53 Å². The van der Waals surface area contributed by atoms with Gasteiger partial charge in [-0.25, -0.2) is 0 Å². The van der Waals surface area contributed by atoms with Gasteiger partial charge in [0.25, 0.3) is 0 Å². The Morgan fingerprint density at radius 3 is 2.65 bits per heavy atom. The topological polar surface area (TPSA) is 41.6 Å². The second-order valence-corrected chi connectivity index (χ2v) is 5.16. The third-order valence-corrected chi connectivity index (χ3v) is 3.29. The lowest BCUT2D eigenvalue weighted by Crippen LogP contribution is -2.41. The van der Waals surface area contributed by atoms with Crippen molar-refractivity contribution in [2.75, 3.05) is 20.3 Å². The van der Waals surface area contributed by atoms with E-state index in [1.165, 1.54) is 0 Å². The molecule has 0 spiro atoms. The first kappa shape index (κ1) is 14.5. The lowest BCUT2D eigenvalue weighted by Gasteiger charge is -2.27. The van der Waals surface area contributed by atoms with E-state index in [9.17, 15) is 4.79 Å². The minimum Gasteiger partial charge on any atom is -0.385 e. The minimum atomic E-state index is -0.0265. The zero-order valence-electron chi connectivity index (χ0n) is 11.5. The van der Waals surface area contributed by atoms with Crippen molar-refractivity contribution < 1.29 is 9.53 Å². The molecule has 0 aromatic carbocycles. The van der Waals surface area contributed by atoms with E-state index in [2.05, 4.69) is 19.2 Å². The van der Waals surface area contributed by atoms with Gasteiger partial charge in [0.2, 0.25) is 5.91 Å². The average molecular weight is 242 g/mol. The van der Waals surface area contributed by atoms with Crippen molar-refractivity contribution in [2.24, 2.45) is 5.92 Å². The molecule has 0 aromatic rings. The van der Waals surface area contributed by atoms with Gasteiger partial charge < -0.3 is 9.64 Å². The predicted molar refractivity (Wildman–Crippen MR) is 68.7 cm³/mol. The van der Waals surface area contributed by atoms with Crippen LogP contribution in [0, 0.1) is 5.92 Å². The Labute approximate surface area is 105 Å². The zero-order chi connectivity index (χ0) is 12.8. The highest BCUT2D eigenvalue weighted by molar-refractivity contribution is 5.83. The number of rotatable bonds is 7. The van der Waals surface area contributed by atoms with Crippen molar-refractivity contribution in [3.63, 3.8) is 0 Å². The molecule has 1 heterocycles. The molecular weight excluding hydrogens is 216 g/mol. The number of hydrogen-bond donors (Lipinski definition) is 1. The van der Waals surface area contributed by atoms with Gasteiger partial charge in [0.1, 0.15) is 0 Å². The highest BCUT2D eigenvalue weighted by Gasteiger charge is 2.36. The van der Waals surface area contributed by atoms with Gasteiger partial charge in [-0.2, -0.15) is 0 Å². The molecule has 1 fully saturated rings. The maximum atomic E-state index is 12.0. The molecule has 2 unspecified atom stereocenters. The molecule has 0 aliphatic carbocycles. The zero-order valence-corrected chi connectivity index (χ0v) is 11.5. The van der Waals surface area contributed by atoms with E-state index in [-0.39, 0.29) is 18.1 Å². The molecule has 4 nitrogen and oxygen atoms in total. The highest BCUT2D eigenvalue weighted by atomic mass is 16.5. The fraction of sp³-hybridized carbons (Fsp3) is 0.923. The average Bonchev–Trinajstić information content (AvgIpc) is 2.57. The monoisotopic (exact) mass is 242 g/mol. The summed E-state index contributed by atoms with van der Waals surface area (Å²) < 4.78 is 5.02. The second kappa shape index (κ2) is 6.97. The fourth-order valence-corrected chi connectivity index (χ4v) is 2.31. The van der Waals surface area contributed by atoms with Gasteiger partial charge in [0.15, 0.2) is 0 Å². The summed E-state index contributed by atoms with van der Waals surface area (Å²) in [7, 11) is 1.73. The fourth-order valence-electron chi connectivity index (χ4n) is 2.31. The van der Waals surface area contributed by atoms with E-state index in [4.69, 9.17) is 4.74 Å². The van der Waals surface area contributed by atoms with Gasteiger partial charge in [-0.05, 0) is 32.1 Å². The number of nitrogens with one attached hydrogen (secondary N) is 1. The highest BCUT2D eigenvalue weighted by Crippen LogP contribution is 2.18. The Bertz CT molecular complexity index is 244. The molecule has 0 aromatic heterocycles. The minimum absolute atomic E-state index is 0.0265. The first-order chi connectivity index (χ1) is 8.07. The molecule has 1 amide bonds. The van der Waals surface area contributed by atoms with Gasteiger partial charge in [0, 0.05) is 20.3 Å². The Balaban J connectivity index is 2.35. The molecule has 1 aliphatic rings. The quantitative estimate of drug-likeness (QED) is 0.690. The lowest BCUT2D eigenvalue weighted by atomic mass is 10.1. The lowest BCUT2D eigenvalue weighted by molar-refractivity contribution is -0.130. The summed E-state index contributed by atoms with van der Waals surface area (Å²) in [4.78, 5) is 14.0. The SMILES string of the molecule is COCCCCCN1C(=O)C(C)NC1C(C)C. The number of ether oxygens (including phenoxy) is 1. The van der Waals surface area contributed by atoms with Gasteiger partial charge in [-0.15, -0.1) is 0 Å². The Kier molecular flexibility index (Phi) is 5.92. The number of methoxy groups -OCH3 is 1. The third kappa shape index (κ3) is 3.96. The van der Waals surface area contributed by atoms with Crippen molar-refractivity contribution in [1.82, 2.24) is 10.2 Å². The maximum absolute atomic E-state index is 12.0. The predicted octanol–water partition coefficient (Wildman–Crippen LogP) is 1.61. The van der Waals surface area contributed by atoms with Gasteiger partial charge in [0.05, 0.1) is 12.2 Å². The molecule has 4 heteroatoms. The first-order valence-electron chi connectivity index (χ1n) is 6.63. The summed E-state index contributed by atoms with van der Waals surface area (Å²) >= 11 is 0. The van der Waals surface area contributed by atoms with Crippen LogP contribution in [0.2, 0.25) is 0 Å². The Morgan fingerprint density at radius 1 is 1.35 bits per heavy atom.